The third-order valence-corrected chi connectivity index (χ3v) is 12.2. The lowest BCUT2D eigenvalue weighted by Crippen LogP contribution is -2.25. The van der Waals surface area contributed by atoms with Gasteiger partial charge < -0.3 is 14.4 Å². The van der Waals surface area contributed by atoms with Crippen LogP contribution >= 0.6 is 0 Å². The van der Waals surface area contributed by atoms with Crippen LogP contribution < -0.4 is 14.4 Å². The zero-order valence-corrected chi connectivity index (χ0v) is 31.5. The van der Waals surface area contributed by atoms with Gasteiger partial charge in [-0.15, -0.1) is 0 Å². The van der Waals surface area contributed by atoms with Gasteiger partial charge in [0.15, 0.2) is 23.0 Å². The van der Waals surface area contributed by atoms with Crippen LogP contribution in [0.3, 0.4) is 0 Å². The minimum atomic E-state index is -0.469. The van der Waals surface area contributed by atoms with E-state index in [1.165, 1.54) is 50.1 Å². The number of hydrogen-bond donors (Lipinski definition) is 0. The quantitative estimate of drug-likeness (QED) is 0.175. The minimum Gasteiger partial charge on any atom is -0.449 e. The lowest BCUT2D eigenvalue weighted by Gasteiger charge is -2.33. The smallest absolute Gasteiger partial charge is 0.194 e. The molecule has 3 aliphatic rings. The van der Waals surface area contributed by atoms with Crippen LogP contribution in [0.5, 0.6) is 23.0 Å². The molecule has 0 amide bonds. The minimum absolute atomic E-state index is 0.469. The van der Waals surface area contributed by atoms with Gasteiger partial charge in [0, 0.05) is 11.3 Å². The van der Waals surface area contributed by atoms with Gasteiger partial charge in [-0.25, -0.2) is 0 Å². The number of nitrogens with zero attached hydrogens (tertiary/aromatic N) is 1. The summed E-state index contributed by atoms with van der Waals surface area (Å²) in [7, 11) is 0. The van der Waals surface area contributed by atoms with Crippen molar-refractivity contribution < 1.29 is 9.47 Å². The van der Waals surface area contributed by atoms with Crippen molar-refractivity contribution >= 4 is 17.1 Å². The van der Waals surface area contributed by atoms with E-state index in [2.05, 4.69) is 211 Å². The molecular weight excluding hydrogens is 707 g/mol. The summed E-state index contributed by atoms with van der Waals surface area (Å²) in [5, 5.41) is 0. The van der Waals surface area contributed by atoms with Gasteiger partial charge in [0.25, 0.3) is 0 Å². The van der Waals surface area contributed by atoms with Gasteiger partial charge in [-0.05, 0) is 104 Å². The molecule has 12 rings (SSSR count). The molecule has 272 valence electrons. The van der Waals surface area contributed by atoms with Gasteiger partial charge >= 0.3 is 0 Å². The van der Waals surface area contributed by atoms with Crippen molar-refractivity contribution in [2.24, 2.45) is 0 Å². The molecule has 0 bridgehead atoms. The van der Waals surface area contributed by atoms with Crippen LogP contribution in [-0.4, -0.2) is 0 Å². The molecule has 3 nitrogen and oxygen atoms in total. The van der Waals surface area contributed by atoms with Crippen LogP contribution in [0.15, 0.2) is 212 Å². The summed E-state index contributed by atoms with van der Waals surface area (Å²) in [6, 6.07) is 75.7. The number of rotatable bonds is 5. The van der Waals surface area contributed by atoms with Crippen molar-refractivity contribution in [3.63, 3.8) is 0 Å². The van der Waals surface area contributed by atoms with E-state index in [1.54, 1.807) is 0 Å². The molecule has 1 aliphatic heterocycles. The van der Waals surface area contributed by atoms with Crippen molar-refractivity contribution in [1.29, 1.82) is 0 Å². The molecule has 58 heavy (non-hydrogen) atoms. The van der Waals surface area contributed by atoms with Gasteiger partial charge in [0.05, 0.1) is 16.8 Å². The van der Waals surface area contributed by atoms with E-state index in [4.69, 9.17) is 9.47 Å². The SMILES string of the molecule is c1ccc(-c2ccccc2-c2ccccc2N(c2ccccc2)c2cccc3c2Oc2cc4c(cc2O3)C2(c3ccccc3-c3ccccc32)c2ccccc2-4)cc1. The Balaban J connectivity index is 1.04. The van der Waals surface area contributed by atoms with E-state index >= 15 is 0 Å². The Labute approximate surface area is 337 Å². The third-order valence-electron chi connectivity index (χ3n) is 12.2. The Morgan fingerprint density at radius 1 is 0.310 bits per heavy atom. The fraction of sp³-hybridized carbons (Fsp3) is 0.0182. The maximum atomic E-state index is 7.13. The van der Waals surface area contributed by atoms with Crippen molar-refractivity contribution in [1.82, 2.24) is 0 Å². The molecule has 0 saturated heterocycles. The highest BCUT2D eigenvalue weighted by atomic mass is 16.6. The highest BCUT2D eigenvalue weighted by molar-refractivity contribution is 5.97. The largest absolute Gasteiger partial charge is 0.449 e. The molecule has 0 fully saturated rings. The first-order valence-corrected chi connectivity index (χ1v) is 19.8. The molecule has 9 aromatic carbocycles. The molecule has 0 N–H and O–H groups in total. The number of para-hydroxylation sites is 3. The van der Waals surface area contributed by atoms with Gasteiger partial charge in [-0.1, -0.05) is 170 Å². The lowest BCUT2D eigenvalue weighted by molar-refractivity contribution is 0.360. The van der Waals surface area contributed by atoms with E-state index in [9.17, 15) is 0 Å². The molecule has 1 spiro atoms. The van der Waals surface area contributed by atoms with Gasteiger partial charge in [0.1, 0.15) is 0 Å². The highest BCUT2D eigenvalue weighted by Gasteiger charge is 2.52. The Hall–Kier alpha value is -7.62. The molecule has 9 aromatic rings. The molecule has 0 atom stereocenters. The summed E-state index contributed by atoms with van der Waals surface area (Å²) >= 11 is 0. The second-order valence-electron chi connectivity index (χ2n) is 15.1. The zero-order chi connectivity index (χ0) is 38.2. The van der Waals surface area contributed by atoms with Crippen LogP contribution in [-0.2, 0) is 5.41 Å². The first-order valence-electron chi connectivity index (χ1n) is 19.8. The number of benzene rings is 9. The molecule has 0 radical (unpaired) electrons. The summed E-state index contributed by atoms with van der Waals surface area (Å²) in [5.74, 6) is 2.74. The average molecular weight is 742 g/mol. The second kappa shape index (κ2) is 12.7. The van der Waals surface area contributed by atoms with Gasteiger partial charge in [-0.2, -0.15) is 0 Å². The maximum absolute atomic E-state index is 7.13. The molecule has 3 heteroatoms. The fourth-order valence-corrected chi connectivity index (χ4v) is 9.82. The molecule has 0 unspecified atom stereocenters. The van der Waals surface area contributed by atoms with E-state index < -0.39 is 5.41 Å². The average Bonchev–Trinajstić information content (AvgIpc) is 3.75. The second-order valence-corrected chi connectivity index (χ2v) is 15.1. The van der Waals surface area contributed by atoms with Crippen LogP contribution in [0.2, 0.25) is 0 Å². The topological polar surface area (TPSA) is 21.7 Å². The van der Waals surface area contributed by atoms with E-state index in [1.807, 2.05) is 6.07 Å². The normalized spacial score (nSPS) is 13.2. The van der Waals surface area contributed by atoms with Crippen LogP contribution in [0.4, 0.5) is 17.1 Å². The van der Waals surface area contributed by atoms with Crippen molar-refractivity contribution in [2.75, 3.05) is 4.90 Å². The molecule has 0 saturated carbocycles. The summed E-state index contributed by atoms with van der Waals surface area (Å²) < 4.78 is 14.1. The summed E-state index contributed by atoms with van der Waals surface area (Å²) in [6.07, 6.45) is 0. The third kappa shape index (κ3) is 4.62. The number of ether oxygens (including phenoxy) is 2. The van der Waals surface area contributed by atoms with E-state index in [-0.39, 0.29) is 0 Å². The van der Waals surface area contributed by atoms with Crippen molar-refractivity contribution in [2.45, 2.75) is 5.41 Å². The fourth-order valence-electron chi connectivity index (χ4n) is 9.82. The molecule has 1 heterocycles. The zero-order valence-electron chi connectivity index (χ0n) is 31.5. The lowest BCUT2D eigenvalue weighted by atomic mass is 9.70. The van der Waals surface area contributed by atoms with E-state index in [0.717, 1.165) is 33.8 Å². The Morgan fingerprint density at radius 2 is 0.810 bits per heavy atom. The Kier molecular flexibility index (Phi) is 7.14. The number of hydrogen-bond acceptors (Lipinski definition) is 3. The van der Waals surface area contributed by atoms with Crippen LogP contribution in [0.25, 0.3) is 44.5 Å². The summed E-state index contributed by atoms with van der Waals surface area (Å²) in [5.41, 5.74) is 17.1. The molecule has 0 aromatic heterocycles. The van der Waals surface area contributed by atoms with Crippen LogP contribution in [0, 0.1) is 0 Å². The number of anilines is 3. The highest BCUT2D eigenvalue weighted by Crippen LogP contribution is 2.65. The van der Waals surface area contributed by atoms with Gasteiger partial charge in [-0.3, -0.25) is 0 Å². The first-order chi connectivity index (χ1) is 28.8. The number of fused-ring (bicyclic) bond motifs is 12. The molecule has 2 aliphatic carbocycles. The van der Waals surface area contributed by atoms with Crippen LogP contribution in [0.1, 0.15) is 22.3 Å². The van der Waals surface area contributed by atoms with Crippen molar-refractivity contribution in [3.8, 4) is 67.5 Å². The predicted molar refractivity (Wildman–Crippen MR) is 235 cm³/mol. The molecular formula is C55H35NO2. The monoisotopic (exact) mass is 741 g/mol. The Morgan fingerprint density at radius 3 is 1.48 bits per heavy atom. The first kappa shape index (κ1) is 32.6. The maximum Gasteiger partial charge on any atom is 0.194 e. The van der Waals surface area contributed by atoms with Gasteiger partial charge in [0.2, 0.25) is 0 Å². The standard InChI is InChI=1S/C55H35NO2/c1-3-18-36(19-4-1)38-22-7-8-23-39(38)43-27-12-16-31-49(43)56(37-20-5-2-6-21-37)50-32-17-33-51-54(50)58-52-34-44-42-26-11-15-30-47(42)55(48(44)35-53(52)57-51)45-28-13-9-24-40(45)41-25-10-14-29-46(41)55/h1-35H. The Bertz CT molecular complexity index is 3030. The predicted octanol–water partition coefficient (Wildman–Crippen LogP) is 14.7. The van der Waals surface area contributed by atoms with Crippen molar-refractivity contribution in [3.05, 3.63) is 235 Å². The summed E-state index contributed by atoms with van der Waals surface area (Å²) in [6.45, 7) is 0. The summed E-state index contributed by atoms with van der Waals surface area (Å²) in [4.78, 5) is 2.30. The van der Waals surface area contributed by atoms with E-state index in [0.29, 0.717) is 23.0 Å².